The van der Waals surface area contributed by atoms with Gasteiger partial charge >= 0.3 is 0 Å². The number of aliphatic hydroxyl groups excluding tert-OH is 3. The van der Waals surface area contributed by atoms with Crippen LogP contribution in [0.25, 0.3) is 0 Å². The molecule has 0 aliphatic carbocycles. The summed E-state index contributed by atoms with van der Waals surface area (Å²) in [5, 5.41) is 31.6. The summed E-state index contributed by atoms with van der Waals surface area (Å²) in [5.74, 6) is 1.09. The normalized spacial score (nSPS) is 27.4. The smallest absolute Gasteiger partial charge is 0.161 e. The van der Waals surface area contributed by atoms with Crippen molar-refractivity contribution in [2.45, 2.75) is 50.4 Å². The Morgan fingerprint density at radius 2 is 1.59 bits per heavy atom. The molecule has 0 radical (unpaired) electrons. The van der Waals surface area contributed by atoms with Gasteiger partial charge in [0.05, 0.1) is 13.2 Å². The Bertz CT molecular complexity index is 589. The zero-order valence-electron chi connectivity index (χ0n) is 17.0. The molecule has 2 rings (SSSR count). The van der Waals surface area contributed by atoms with E-state index in [0.717, 1.165) is 31.6 Å². The van der Waals surface area contributed by atoms with Crippen molar-refractivity contribution >= 4 is 28.9 Å². The number of benzene rings is 1. The topological polar surface area (TPSA) is 85.6 Å². The first-order valence-electron chi connectivity index (χ1n) is 9.89. The van der Waals surface area contributed by atoms with Gasteiger partial charge in [-0.15, -0.1) is 23.2 Å². The van der Waals surface area contributed by atoms with Gasteiger partial charge in [0.15, 0.2) is 6.23 Å². The molecule has 1 aromatic carbocycles. The summed E-state index contributed by atoms with van der Waals surface area (Å²) < 4.78 is 5.64. The van der Waals surface area contributed by atoms with E-state index < -0.39 is 30.6 Å². The molecule has 3 N–H and O–H groups in total. The molecular weight excluding hydrogens is 419 g/mol. The van der Waals surface area contributed by atoms with Crippen LogP contribution in [0, 0.1) is 0 Å². The molecular formula is C20H32Cl2N2O5. The minimum absolute atomic E-state index is 0.500. The molecule has 0 aromatic heterocycles. The highest BCUT2D eigenvalue weighted by atomic mass is 35.5. The van der Waals surface area contributed by atoms with Gasteiger partial charge in [-0.2, -0.15) is 5.06 Å². The Labute approximate surface area is 182 Å². The Morgan fingerprint density at radius 3 is 2.14 bits per heavy atom. The van der Waals surface area contributed by atoms with Crippen molar-refractivity contribution in [1.29, 1.82) is 0 Å². The summed E-state index contributed by atoms with van der Waals surface area (Å²) in [6.45, 7) is 3.65. The molecule has 1 saturated heterocycles. The van der Waals surface area contributed by atoms with Crippen LogP contribution in [-0.2, 0) is 16.0 Å². The van der Waals surface area contributed by atoms with Crippen molar-refractivity contribution < 1.29 is 24.9 Å². The van der Waals surface area contributed by atoms with E-state index in [-0.39, 0.29) is 0 Å². The van der Waals surface area contributed by atoms with Crippen molar-refractivity contribution in [2.24, 2.45) is 0 Å². The zero-order valence-corrected chi connectivity index (χ0v) is 18.5. The number of alkyl halides is 2. The first-order chi connectivity index (χ1) is 13.9. The molecule has 166 valence electrons. The van der Waals surface area contributed by atoms with Gasteiger partial charge < -0.3 is 25.0 Å². The number of aryl methyl sites for hydroxylation is 1. The largest absolute Gasteiger partial charge is 0.388 e. The van der Waals surface area contributed by atoms with Crippen LogP contribution in [0.4, 0.5) is 5.69 Å². The molecule has 29 heavy (non-hydrogen) atoms. The summed E-state index contributed by atoms with van der Waals surface area (Å²) in [6.07, 6.45) is -3.53. The molecule has 1 aliphatic heterocycles. The lowest BCUT2D eigenvalue weighted by molar-refractivity contribution is -0.322. The third-order valence-corrected chi connectivity index (χ3v) is 5.54. The number of hydrogen-bond donors (Lipinski definition) is 3. The highest BCUT2D eigenvalue weighted by Gasteiger charge is 2.44. The van der Waals surface area contributed by atoms with Crippen LogP contribution in [-0.4, -0.2) is 89.5 Å². The predicted octanol–water partition coefficient (Wildman–Crippen LogP) is 1.59. The van der Waals surface area contributed by atoms with Crippen LogP contribution in [0.2, 0.25) is 0 Å². The minimum atomic E-state index is -1.28. The van der Waals surface area contributed by atoms with E-state index in [1.165, 1.54) is 17.7 Å². The molecule has 0 bridgehead atoms. The van der Waals surface area contributed by atoms with Gasteiger partial charge in [-0.3, -0.25) is 4.84 Å². The Balaban J connectivity index is 1.89. The fourth-order valence-electron chi connectivity index (χ4n) is 3.48. The van der Waals surface area contributed by atoms with E-state index in [4.69, 9.17) is 32.8 Å². The second-order valence-electron chi connectivity index (χ2n) is 7.16. The lowest BCUT2D eigenvalue weighted by Gasteiger charge is -2.43. The summed E-state index contributed by atoms with van der Waals surface area (Å²) in [4.78, 5) is 7.51. The van der Waals surface area contributed by atoms with Crippen molar-refractivity contribution in [3.8, 4) is 0 Å². The van der Waals surface area contributed by atoms with Gasteiger partial charge in [0, 0.05) is 37.1 Å². The van der Waals surface area contributed by atoms with Crippen LogP contribution in [0.3, 0.4) is 0 Å². The molecule has 1 aromatic rings. The van der Waals surface area contributed by atoms with E-state index in [1.54, 1.807) is 6.92 Å². The van der Waals surface area contributed by atoms with Crippen molar-refractivity contribution in [3.63, 3.8) is 0 Å². The number of nitrogens with zero attached hydrogens (tertiary/aromatic N) is 2. The summed E-state index contributed by atoms with van der Waals surface area (Å²) in [5.41, 5.74) is 2.27. The van der Waals surface area contributed by atoms with Crippen LogP contribution < -0.4 is 4.90 Å². The predicted molar refractivity (Wildman–Crippen MR) is 114 cm³/mol. The lowest BCUT2D eigenvalue weighted by atomic mass is 9.99. The highest BCUT2D eigenvalue weighted by molar-refractivity contribution is 6.18. The van der Waals surface area contributed by atoms with Gasteiger partial charge in [-0.05, 0) is 37.5 Å². The second-order valence-corrected chi connectivity index (χ2v) is 7.92. The molecule has 0 saturated carbocycles. The zero-order chi connectivity index (χ0) is 21.4. The van der Waals surface area contributed by atoms with Crippen molar-refractivity contribution in [2.75, 3.05) is 43.4 Å². The number of anilines is 1. The third kappa shape index (κ3) is 6.67. The standard InChI is InChI=1S/C20H32Cl2N2O5/c1-14-17(25)18(26)19(27)20(29-14)24(28-2)11-3-4-15-5-7-16(8-6-15)23(12-9-21)13-10-22/h5-8,14,17-20,25-27H,3-4,9-13H2,1-2H3/t14-,17-,18+,19+,20?/m0/s1. The lowest BCUT2D eigenvalue weighted by Crippen LogP contribution is -2.61. The molecule has 1 aliphatic rings. The van der Waals surface area contributed by atoms with Gasteiger partial charge in [0.2, 0.25) is 0 Å². The minimum Gasteiger partial charge on any atom is -0.388 e. The maximum absolute atomic E-state index is 10.2. The number of hydrogen-bond acceptors (Lipinski definition) is 7. The highest BCUT2D eigenvalue weighted by Crippen LogP contribution is 2.24. The fourth-order valence-corrected chi connectivity index (χ4v) is 3.88. The van der Waals surface area contributed by atoms with Gasteiger partial charge in [0.1, 0.15) is 18.3 Å². The van der Waals surface area contributed by atoms with Crippen LogP contribution in [0.5, 0.6) is 0 Å². The SMILES string of the molecule is CON(CCCc1ccc(N(CCCl)CCCl)cc1)C1O[C@@H](C)[C@H](O)[C@@H](O)[C@H]1O. The Morgan fingerprint density at radius 1 is 0.966 bits per heavy atom. The number of hydroxylamine groups is 2. The van der Waals surface area contributed by atoms with Crippen molar-refractivity contribution in [1.82, 2.24) is 5.06 Å². The van der Waals surface area contributed by atoms with E-state index >= 15 is 0 Å². The molecule has 0 amide bonds. The van der Waals surface area contributed by atoms with E-state index in [9.17, 15) is 15.3 Å². The average Bonchev–Trinajstić information content (AvgIpc) is 2.73. The number of aliphatic hydroxyl groups is 3. The van der Waals surface area contributed by atoms with Gasteiger partial charge in [-0.25, -0.2) is 0 Å². The number of ether oxygens (including phenoxy) is 1. The van der Waals surface area contributed by atoms with Gasteiger partial charge in [0.25, 0.3) is 0 Å². The van der Waals surface area contributed by atoms with E-state index in [1.807, 2.05) is 0 Å². The summed E-state index contributed by atoms with van der Waals surface area (Å²) in [6, 6.07) is 8.29. The van der Waals surface area contributed by atoms with Crippen molar-refractivity contribution in [3.05, 3.63) is 29.8 Å². The van der Waals surface area contributed by atoms with Crippen LogP contribution in [0.1, 0.15) is 18.9 Å². The monoisotopic (exact) mass is 450 g/mol. The average molecular weight is 451 g/mol. The number of rotatable bonds is 11. The van der Waals surface area contributed by atoms with E-state index in [0.29, 0.717) is 18.3 Å². The molecule has 7 nitrogen and oxygen atoms in total. The molecule has 1 heterocycles. The first kappa shape index (κ1) is 24.6. The second kappa shape index (κ2) is 12.3. The molecule has 0 spiro atoms. The molecule has 5 atom stereocenters. The Hall–Kier alpha value is -0.640. The van der Waals surface area contributed by atoms with E-state index in [2.05, 4.69) is 29.2 Å². The van der Waals surface area contributed by atoms with Crippen LogP contribution in [0.15, 0.2) is 24.3 Å². The fraction of sp³-hybridized carbons (Fsp3) is 0.700. The third-order valence-electron chi connectivity index (χ3n) is 5.20. The maximum Gasteiger partial charge on any atom is 0.161 e. The Kier molecular flexibility index (Phi) is 10.4. The summed E-state index contributed by atoms with van der Waals surface area (Å²) in [7, 11) is 1.50. The first-order valence-corrected chi connectivity index (χ1v) is 11.0. The number of halogens is 2. The molecule has 1 unspecified atom stereocenters. The maximum atomic E-state index is 10.2. The molecule has 1 fully saturated rings. The molecule has 9 heteroatoms. The quantitative estimate of drug-likeness (QED) is 0.348. The van der Waals surface area contributed by atoms with Crippen LogP contribution >= 0.6 is 23.2 Å². The summed E-state index contributed by atoms with van der Waals surface area (Å²) >= 11 is 11.7. The van der Waals surface area contributed by atoms with Gasteiger partial charge in [-0.1, -0.05) is 12.1 Å².